The third-order valence-corrected chi connectivity index (χ3v) is 4.54. The molecule has 0 saturated carbocycles. The van der Waals surface area contributed by atoms with Gasteiger partial charge in [0.2, 0.25) is 11.8 Å². The van der Waals surface area contributed by atoms with E-state index in [-0.39, 0.29) is 0 Å². The van der Waals surface area contributed by atoms with Crippen molar-refractivity contribution < 1.29 is 4.42 Å². The van der Waals surface area contributed by atoms with E-state index in [4.69, 9.17) is 4.42 Å². The van der Waals surface area contributed by atoms with Crippen molar-refractivity contribution in [3.8, 4) is 34.0 Å². The number of hydrogen-bond acceptors (Lipinski definition) is 3. The van der Waals surface area contributed by atoms with Crippen LogP contribution in [0.5, 0.6) is 0 Å². The number of rotatable bonds is 5. The Morgan fingerprint density at radius 2 is 1.26 bits per heavy atom. The van der Waals surface area contributed by atoms with E-state index in [1.54, 1.807) is 0 Å². The minimum absolute atomic E-state index is 0.545. The largest absolute Gasteiger partial charge is 0.416 e. The lowest BCUT2D eigenvalue weighted by Gasteiger charge is -2.08. The van der Waals surface area contributed by atoms with Gasteiger partial charge >= 0.3 is 0 Å². The van der Waals surface area contributed by atoms with Crippen LogP contribution in [-0.2, 0) is 6.42 Å². The molecule has 0 spiro atoms. The fourth-order valence-corrected chi connectivity index (χ4v) is 3.23. The van der Waals surface area contributed by atoms with E-state index in [0.29, 0.717) is 17.7 Å². The van der Waals surface area contributed by atoms with Crippen LogP contribution in [0.2, 0.25) is 0 Å². The molecule has 3 aromatic carbocycles. The molecule has 3 heteroatoms. The van der Waals surface area contributed by atoms with E-state index in [9.17, 15) is 0 Å². The van der Waals surface area contributed by atoms with Gasteiger partial charge in [0.25, 0.3) is 0 Å². The zero-order valence-corrected chi connectivity index (χ0v) is 15.6. The Hall–Kier alpha value is -3.20. The van der Waals surface area contributed by atoms with Crippen LogP contribution in [0.4, 0.5) is 0 Å². The summed E-state index contributed by atoms with van der Waals surface area (Å²) < 4.78 is 6.00. The van der Waals surface area contributed by atoms with Gasteiger partial charge in [-0.15, -0.1) is 10.2 Å². The predicted octanol–water partition coefficient (Wildman–Crippen LogP) is 6.27. The first-order valence-corrected chi connectivity index (χ1v) is 9.28. The molecule has 4 rings (SSSR count). The molecule has 134 valence electrons. The second kappa shape index (κ2) is 7.58. The van der Waals surface area contributed by atoms with Gasteiger partial charge in [-0.05, 0) is 47.2 Å². The lowest BCUT2D eigenvalue weighted by atomic mass is 9.98. The topological polar surface area (TPSA) is 38.9 Å². The molecule has 0 atom stereocenters. The maximum atomic E-state index is 6.00. The highest BCUT2D eigenvalue weighted by Gasteiger charge is 2.14. The highest BCUT2D eigenvalue weighted by molar-refractivity contribution is 5.68. The van der Waals surface area contributed by atoms with Gasteiger partial charge in [-0.1, -0.05) is 74.5 Å². The molecule has 0 radical (unpaired) electrons. The molecule has 1 heterocycles. The van der Waals surface area contributed by atoms with Crippen LogP contribution in [0.1, 0.15) is 19.4 Å². The summed E-state index contributed by atoms with van der Waals surface area (Å²) in [6.07, 6.45) is 0.986. The third kappa shape index (κ3) is 3.82. The van der Waals surface area contributed by atoms with Crippen molar-refractivity contribution in [2.24, 2.45) is 5.92 Å². The summed E-state index contributed by atoms with van der Waals surface area (Å²) in [5.41, 5.74) is 5.54. The molecule has 0 bridgehead atoms. The molecule has 3 nitrogen and oxygen atoms in total. The SMILES string of the molecule is CC(C)Cc1ccccc1-c1nnc(-c2ccc(-c3ccccc3)cc2)o1. The molecule has 0 aliphatic rings. The Kier molecular flexibility index (Phi) is 4.84. The van der Waals surface area contributed by atoms with Crippen molar-refractivity contribution in [1.82, 2.24) is 10.2 Å². The first-order valence-electron chi connectivity index (χ1n) is 9.28. The van der Waals surface area contributed by atoms with Crippen molar-refractivity contribution in [3.63, 3.8) is 0 Å². The summed E-state index contributed by atoms with van der Waals surface area (Å²) in [5.74, 6) is 1.69. The van der Waals surface area contributed by atoms with E-state index in [1.807, 2.05) is 42.5 Å². The Morgan fingerprint density at radius 3 is 2.00 bits per heavy atom. The molecule has 0 aliphatic carbocycles. The standard InChI is InChI=1S/C24H22N2O/c1-17(2)16-21-10-6-7-11-22(21)24-26-25-23(27-24)20-14-12-19(13-15-20)18-8-4-3-5-9-18/h3-15,17H,16H2,1-2H3. The fraction of sp³-hybridized carbons (Fsp3) is 0.167. The van der Waals surface area contributed by atoms with Crippen LogP contribution < -0.4 is 0 Å². The highest BCUT2D eigenvalue weighted by atomic mass is 16.4. The van der Waals surface area contributed by atoms with Gasteiger partial charge in [0.15, 0.2) is 0 Å². The molecule has 0 unspecified atom stereocenters. The van der Waals surface area contributed by atoms with E-state index in [0.717, 1.165) is 17.5 Å². The summed E-state index contributed by atoms with van der Waals surface area (Å²) in [7, 11) is 0. The van der Waals surface area contributed by atoms with Gasteiger partial charge in [-0.3, -0.25) is 0 Å². The number of aromatic nitrogens is 2. The van der Waals surface area contributed by atoms with Crippen molar-refractivity contribution >= 4 is 0 Å². The molecule has 0 N–H and O–H groups in total. The van der Waals surface area contributed by atoms with Crippen LogP contribution in [0.25, 0.3) is 34.0 Å². The van der Waals surface area contributed by atoms with Crippen molar-refractivity contribution in [1.29, 1.82) is 0 Å². The Balaban J connectivity index is 1.62. The molecule has 1 aromatic heterocycles. The van der Waals surface area contributed by atoms with Crippen molar-refractivity contribution in [3.05, 3.63) is 84.4 Å². The molecule has 0 aliphatic heterocycles. The molecular formula is C24H22N2O. The number of nitrogens with zero attached hydrogens (tertiary/aromatic N) is 2. The zero-order chi connectivity index (χ0) is 18.6. The Bertz CT molecular complexity index is 1020. The normalized spacial score (nSPS) is 11.1. The monoisotopic (exact) mass is 354 g/mol. The lowest BCUT2D eigenvalue weighted by Crippen LogP contribution is -1.96. The van der Waals surface area contributed by atoms with E-state index in [1.165, 1.54) is 16.7 Å². The van der Waals surface area contributed by atoms with Gasteiger partial charge in [0, 0.05) is 11.1 Å². The van der Waals surface area contributed by atoms with Crippen LogP contribution in [-0.4, -0.2) is 10.2 Å². The molecule has 0 fully saturated rings. The number of hydrogen-bond donors (Lipinski definition) is 0. The number of benzene rings is 3. The van der Waals surface area contributed by atoms with Crippen molar-refractivity contribution in [2.45, 2.75) is 20.3 Å². The third-order valence-electron chi connectivity index (χ3n) is 4.54. The molecule has 27 heavy (non-hydrogen) atoms. The second-order valence-electron chi connectivity index (χ2n) is 7.11. The zero-order valence-electron chi connectivity index (χ0n) is 15.6. The van der Waals surface area contributed by atoms with Crippen LogP contribution >= 0.6 is 0 Å². The smallest absolute Gasteiger partial charge is 0.248 e. The second-order valence-corrected chi connectivity index (χ2v) is 7.11. The first kappa shape index (κ1) is 17.2. The van der Waals surface area contributed by atoms with E-state index >= 15 is 0 Å². The van der Waals surface area contributed by atoms with Crippen LogP contribution in [0.3, 0.4) is 0 Å². The fourth-order valence-electron chi connectivity index (χ4n) is 3.23. The molecule has 0 saturated heterocycles. The average molecular weight is 354 g/mol. The maximum absolute atomic E-state index is 6.00. The quantitative estimate of drug-likeness (QED) is 0.424. The van der Waals surface area contributed by atoms with Gasteiger partial charge in [0.05, 0.1) is 0 Å². The first-order chi connectivity index (χ1) is 13.2. The summed E-state index contributed by atoms with van der Waals surface area (Å²) >= 11 is 0. The minimum Gasteiger partial charge on any atom is -0.416 e. The summed E-state index contributed by atoms with van der Waals surface area (Å²) in [6.45, 7) is 4.43. The molecular weight excluding hydrogens is 332 g/mol. The van der Waals surface area contributed by atoms with Crippen LogP contribution in [0, 0.1) is 5.92 Å². The van der Waals surface area contributed by atoms with E-state index in [2.05, 4.69) is 60.4 Å². The Morgan fingerprint density at radius 1 is 0.667 bits per heavy atom. The van der Waals surface area contributed by atoms with Gasteiger partial charge in [-0.25, -0.2) is 0 Å². The lowest BCUT2D eigenvalue weighted by molar-refractivity contribution is 0.581. The molecule has 0 amide bonds. The van der Waals surface area contributed by atoms with Crippen LogP contribution in [0.15, 0.2) is 83.3 Å². The average Bonchev–Trinajstić information content (AvgIpc) is 3.19. The highest BCUT2D eigenvalue weighted by Crippen LogP contribution is 2.29. The van der Waals surface area contributed by atoms with E-state index < -0.39 is 0 Å². The van der Waals surface area contributed by atoms with Gasteiger partial charge in [-0.2, -0.15) is 0 Å². The predicted molar refractivity (Wildman–Crippen MR) is 109 cm³/mol. The van der Waals surface area contributed by atoms with Crippen molar-refractivity contribution in [2.75, 3.05) is 0 Å². The minimum atomic E-state index is 0.545. The Labute approximate surface area is 159 Å². The van der Waals surface area contributed by atoms with Gasteiger partial charge in [0.1, 0.15) is 0 Å². The summed E-state index contributed by atoms with van der Waals surface area (Å²) in [6, 6.07) is 26.8. The maximum Gasteiger partial charge on any atom is 0.248 e. The summed E-state index contributed by atoms with van der Waals surface area (Å²) in [4.78, 5) is 0. The molecule has 4 aromatic rings. The van der Waals surface area contributed by atoms with Gasteiger partial charge < -0.3 is 4.42 Å². The summed E-state index contributed by atoms with van der Waals surface area (Å²) in [5, 5.41) is 8.56.